The minimum atomic E-state index is -3.97. The molecule has 3 atom stereocenters. The van der Waals surface area contributed by atoms with Gasteiger partial charge < -0.3 is 9.53 Å². The Morgan fingerprint density at radius 2 is 1.80 bits per heavy atom. The SMILES string of the molecule is Cc1ccc(S(=O)(=O)N2C[C@@H](O[Si](C)(C)C(C)(C)C)C[C@H](O)[C@@]23CCCC3=O)cc1. The molecule has 2 fully saturated rings. The van der Waals surface area contributed by atoms with Crippen LogP contribution in [0.5, 0.6) is 0 Å². The predicted molar refractivity (Wildman–Crippen MR) is 119 cm³/mol. The Bertz CT molecular complexity index is 906. The summed E-state index contributed by atoms with van der Waals surface area (Å²) in [6.07, 6.45) is -0.00595. The summed E-state index contributed by atoms with van der Waals surface area (Å²) in [5.74, 6) is -0.184. The lowest BCUT2D eigenvalue weighted by Crippen LogP contribution is -2.68. The topological polar surface area (TPSA) is 83.9 Å². The minimum absolute atomic E-state index is 0.0447. The molecule has 1 aromatic rings. The first-order valence-corrected chi connectivity index (χ1v) is 15.1. The fourth-order valence-corrected chi connectivity index (χ4v) is 7.55. The zero-order valence-corrected chi connectivity index (χ0v) is 20.8. The van der Waals surface area contributed by atoms with Crippen molar-refractivity contribution in [3.8, 4) is 0 Å². The number of carbonyl (C=O) groups is 1. The molecule has 3 rings (SSSR count). The van der Waals surface area contributed by atoms with Gasteiger partial charge in [0.15, 0.2) is 14.1 Å². The average molecular weight is 454 g/mol. The summed E-state index contributed by atoms with van der Waals surface area (Å²) in [6.45, 7) is 12.6. The molecule has 1 spiro atoms. The molecule has 1 aliphatic carbocycles. The van der Waals surface area contributed by atoms with E-state index < -0.39 is 36.1 Å². The number of ketones is 1. The zero-order chi connectivity index (χ0) is 22.5. The number of aliphatic hydroxyl groups is 1. The molecule has 1 aromatic carbocycles. The number of hydrogen-bond acceptors (Lipinski definition) is 5. The molecule has 6 nitrogen and oxygen atoms in total. The maximum atomic E-state index is 13.7. The van der Waals surface area contributed by atoms with Crippen LogP contribution in [0.4, 0.5) is 0 Å². The van der Waals surface area contributed by atoms with Crippen LogP contribution in [0, 0.1) is 6.92 Å². The molecule has 1 heterocycles. The first-order chi connectivity index (χ1) is 13.7. The molecule has 168 valence electrons. The number of nitrogens with zero attached hydrogens (tertiary/aromatic N) is 1. The number of piperidine rings is 1. The lowest BCUT2D eigenvalue weighted by atomic mass is 9.82. The van der Waals surface area contributed by atoms with Gasteiger partial charge in [-0.1, -0.05) is 38.5 Å². The summed E-state index contributed by atoms with van der Waals surface area (Å²) in [5.41, 5.74) is -0.421. The third-order valence-electron chi connectivity index (χ3n) is 7.17. The van der Waals surface area contributed by atoms with E-state index in [0.717, 1.165) is 5.56 Å². The second-order valence-corrected chi connectivity index (χ2v) is 16.9. The quantitative estimate of drug-likeness (QED) is 0.704. The van der Waals surface area contributed by atoms with Gasteiger partial charge in [-0.05, 0) is 50.0 Å². The lowest BCUT2D eigenvalue weighted by Gasteiger charge is -2.50. The van der Waals surface area contributed by atoms with Crippen molar-refractivity contribution >= 4 is 24.1 Å². The third-order valence-corrected chi connectivity index (χ3v) is 13.6. The second-order valence-electron chi connectivity index (χ2n) is 10.3. The van der Waals surface area contributed by atoms with Crippen molar-refractivity contribution in [3.05, 3.63) is 29.8 Å². The first kappa shape index (κ1) is 23.6. The third kappa shape index (κ3) is 3.93. The zero-order valence-electron chi connectivity index (χ0n) is 18.9. The van der Waals surface area contributed by atoms with Crippen LogP contribution in [0.1, 0.15) is 52.0 Å². The number of aryl methyl sites for hydroxylation is 1. The Kier molecular flexibility index (Phi) is 6.15. The highest BCUT2D eigenvalue weighted by molar-refractivity contribution is 7.89. The molecular formula is C22H35NO5SSi. The van der Waals surface area contributed by atoms with Crippen molar-refractivity contribution in [2.75, 3.05) is 6.54 Å². The number of Topliss-reactive ketones (excluding diaryl/α,β-unsaturated/α-hetero) is 1. The van der Waals surface area contributed by atoms with Gasteiger partial charge in [-0.3, -0.25) is 4.79 Å². The van der Waals surface area contributed by atoms with Crippen LogP contribution in [0.15, 0.2) is 29.2 Å². The molecule has 0 radical (unpaired) electrons. The van der Waals surface area contributed by atoms with Crippen molar-refractivity contribution in [2.24, 2.45) is 0 Å². The van der Waals surface area contributed by atoms with E-state index in [1.165, 1.54) is 4.31 Å². The number of rotatable bonds is 4. The molecule has 1 saturated heterocycles. The molecule has 1 saturated carbocycles. The molecule has 0 bridgehead atoms. The van der Waals surface area contributed by atoms with Gasteiger partial charge in [0, 0.05) is 19.4 Å². The maximum Gasteiger partial charge on any atom is 0.244 e. The summed E-state index contributed by atoms with van der Waals surface area (Å²) in [5, 5.41) is 11.1. The van der Waals surface area contributed by atoms with Crippen LogP contribution in [-0.4, -0.2) is 56.2 Å². The average Bonchev–Trinajstić information content (AvgIpc) is 2.99. The van der Waals surface area contributed by atoms with E-state index in [9.17, 15) is 18.3 Å². The number of benzene rings is 1. The van der Waals surface area contributed by atoms with Crippen LogP contribution in [-0.2, 0) is 19.2 Å². The van der Waals surface area contributed by atoms with Gasteiger partial charge in [0.05, 0.1) is 17.1 Å². The van der Waals surface area contributed by atoms with E-state index in [2.05, 4.69) is 33.9 Å². The standard InChI is InChI=1S/C22H35NO5SSi/c1-16-9-11-18(12-10-16)29(26,27)23-15-17(28-30(5,6)21(2,3)4)14-20(25)22(23)13-7-8-19(22)24/h9-12,17,20,25H,7-8,13-15H2,1-6H3/t17-,20-,22-/m0/s1. The Morgan fingerprint density at radius 3 is 2.30 bits per heavy atom. The van der Waals surface area contributed by atoms with Crippen molar-refractivity contribution < 1.29 is 22.7 Å². The Balaban J connectivity index is 2.03. The molecule has 0 unspecified atom stereocenters. The molecule has 0 amide bonds. The monoisotopic (exact) mass is 453 g/mol. The molecule has 8 heteroatoms. The van der Waals surface area contributed by atoms with E-state index >= 15 is 0 Å². The summed E-state index contributed by atoms with van der Waals surface area (Å²) in [4.78, 5) is 13.1. The number of aliphatic hydroxyl groups excluding tert-OH is 1. The van der Waals surface area contributed by atoms with E-state index in [0.29, 0.717) is 19.3 Å². The van der Waals surface area contributed by atoms with E-state index in [1.54, 1.807) is 24.3 Å². The van der Waals surface area contributed by atoms with Gasteiger partial charge >= 0.3 is 0 Å². The van der Waals surface area contributed by atoms with Gasteiger partial charge in [-0.15, -0.1) is 0 Å². The normalized spacial score (nSPS) is 29.0. The molecule has 0 aromatic heterocycles. The highest BCUT2D eigenvalue weighted by Crippen LogP contribution is 2.45. The fraction of sp³-hybridized carbons (Fsp3) is 0.682. The second kappa shape index (κ2) is 7.81. The predicted octanol–water partition coefficient (Wildman–Crippen LogP) is 3.63. The number of hydrogen-bond donors (Lipinski definition) is 1. The molecule has 30 heavy (non-hydrogen) atoms. The molecule has 1 aliphatic heterocycles. The van der Waals surface area contributed by atoms with E-state index in [4.69, 9.17) is 4.43 Å². The highest BCUT2D eigenvalue weighted by atomic mass is 32.2. The Morgan fingerprint density at radius 1 is 1.20 bits per heavy atom. The van der Waals surface area contributed by atoms with Crippen LogP contribution in [0.3, 0.4) is 0 Å². The Hall–Kier alpha value is -1.06. The van der Waals surface area contributed by atoms with Gasteiger partial charge in [0.2, 0.25) is 10.0 Å². The van der Waals surface area contributed by atoms with Crippen LogP contribution >= 0.6 is 0 Å². The highest BCUT2D eigenvalue weighted by Gasteiger charge is 2.60. The maximum absolute atomic E-state index is 13.7. The van der Waals surface area contributed by atoms with Crippen molar-refractivity contribution in [3.63, 3.8) is 0 Å². The summed E-state index contributed by atoms with van der Waals surface area (Å²) >= 11 is 0. The molecule has 2 aliphatic rings. The smallest absolute Gasteiger partial charge is 0.244 e. The van der Waals surface area contributed by atoms with Crippen LogP contribution in [0.25, 0.3) is 0 Å². The van der Waals surface area contributed by atoms with E-state index in [1.807, 2.05) is 6.92 Å². The van der Waals surface area contributed by atoms with Crippen molar-refractivity contribution in [1.29, 1.82) is 0 Å². The van der Waals surface area contributed by atoms with Gasteiger partial charge in [0.25, 0.3) is 0 Å². The van der Waals surface area contributed by atoms with E-state index in [-0.39, 0.29) is 28.7 Å². The van der Waals surface area contributed by atoms with Crippen LogP contribution in [0.2, 0.25) is 18.1 Å². The Labute approximate surface area is 181 Å². The first-order valence-electron chi connectivity index (χ1n) is 10.7. The summed E-state index contributed by atoms with van der Waals surface area (Å²) in [6, 6.07) is 6.64. The van der Waals surface area contributed by atoms with Gasteiger partial charge in [-0.25, -0.2) is 8.42 Å². The van der Waals surface area contributed by atoms with Crippen molar-refractivity contribution in [1.82, 2.24) is 4.31 Å². The summed E-state index contributed by atoms with van der Waals surface area (Å²) < 4.78 is 35.1. The van der Waals surface area contributed by atoms with Crippen molar-refractivity contribution in [2.45, 2.75) is 94.2 Å². The summed E-state index contributed by atoms with van der Waals surface area (Å²) in [7, 11) is -6.16. The largest absolute Gasteiger partial charge is 0.412 e. The van der Waals surface area contributed by atoms with Gasteiger partial charge in [0.1, 0.15) is 5.54 Å². The number of sulfonamides is 1. The molecule has 1 N–H and O–H groups in total. The van der Waals surface area contributed by atoms with Crippen LogP contribution < -0.4 is 0 Å². The molecular weight excluding hydrogens is 418 g/mol. The lowest BCUT2D eigenvalue weighted by molar-refractivity contribution is -0.138. The fourth-order valence-electron chi connectivity index (χ4n) is 4.35. The minimum Gasteiger partial charge on any atom is -0.412 e. The van der Waals surface area contributed by atoms with Gasteiger partial charge in [-0.2, -0.15) is 4.31 Å². The number of carbonyl (C=O) groups excluding carboxylic acids is 1.